The molecule has 6 heteroatoms. The predicted molar refractivity (Wildman–Crippen MR) is 100 cm³/mol. The number of amides is 1. The summed E-state index contributed by atoms with van der Waals surface area (Å²) in [6.45, 7) is 3.55. The molecule has 3 fully saturated rings. The lowest BCUT2D eigenvalue weighted by atomic mass is 9.83. The normalized spacial score (nSPS) is 28.5. The molecule has 26 heavy (non-hydrogen) atoms. The molecule has 2 atom stereocenters. The zero-order valence-electron chi connectivity index (χ0n) is 15.3. The minimum atomic E-state index is -0.437. The first-order chi connectivity index (χ1) is 12.6. The smallest absolute Gasteiger partial charge is 0.253 e. The van der Waals surface area contributed by atoms with Gasteiger partial charge in [-0.05, 0) is 56.6 Å². The number of carbonyl (C=O) groups excluding carboxylic acids is 1. The van der Waals surface area contributed by atoms with Gasteiger partial charge in [-0.25, -0.2) is 0 Å². The maximum Gasteiger partial charge on any atom is 0.253 e. The summed E-state index contributed by atoms with van der Waals surface area (Å²) in [5.41, 5.74) is 0.686. The van der Waals surface area contributed by atoms with Crippen molar-refractivity contribution in [3.63, 3.8) is 0 Å². The number of ether oxygens (including phenoxy) is 2. The van der Waals surface area contributed by atoms with Crippen LogP contribution in [0, 0.1) is 0 Å². The van der Waals surface area contributed by atoms with Crippen molar-refractivity contribution in [2.75, 3.05) is 33.4 Å². The molecule has 5 nitrogen and oxygen atoms in total. The van der Waals surface area contributed by atoms with Gasteiger partial charge in [-0.1, -0.05) is 11.6 Å². The van der Waals surface area contributed by atoms with Crippen LogP contribution in [0.1, 0.15) is 42.5 Å². The van der Waals surface area contributed by atoms with Gasteiger partial charge in [-0.15, -0.1) is 0 Å². The van der Waals surface area contributed by atoms with Crippen molar-refractivity contribution in [2.45, 2.75) is 50.0 Å². The Balaban J connectivity index is 1.54. The van der Waals surface area contributed by atoms with E-state index < -0.39 is 5.79 Å². The van der Waals surface area contributed by atoms with Crippen molar-refractivity contribution in [3.8, 4) is 0 Å². The van der Waals surface area contributed by atoms with Gasteiger partial charge in [0.1, 0.15) is 0 Å². The number of halogens is 1. The molecule has 0 radical (unpaired) electrons. The third-order valence-corrected chi connectivity index (χ3v) is 6.37. The van der Waals surface area contributed by atoms with Crippen LogP contribution in [-0.4, -0.2) is 66.9 Å². The first kappa shape index (κ1) is 18.2. The molecule has 4 rings (SSSR count). The second-order valence-electron chi connectivity index (χ2n) is 7.65. The maximum atomic E-state index is 13.0. The lowest BCUT2D eigenvalue weighted by Gasteiger charge is -2.47. The van der Waals surface area contributed by atoms with E-state index in [2.05, 4.69) is 4.90 Å². The predicted octanol–water partition coefficient (Wildman–Crippen LogP) is 3.17. The van der Waals surface area contributed by atoms with Gasteiger partial charge >= 0.3 is 0 Å². The highest BCUT2D eigenvalue weighted by Gasteiger charge is 2.48. The van der Waals surface area contributed by atoms with E-state index in [-0.39, 0.29) is 18.0 Å². The van der Waals surface area contributed by atoms with Gasteiger partial charge in [0, 0.05) is 42.6 Å². The zero-order chi connectivity index (χ0) is 18.1. The molecule has 0 aromatic heterocycles. The number of rotatable bonds is 3. The van der Waals surface area contributed by atoms with Crippen molar-refractivity contribution < 1.29 is 14.3 Å². The van der Waals surface area contributed by atoms with Crippen LogP contribution in [0.5, 0.6) is 0 Å². The van der Waals surface area contributed by atoms with E-state index >= 15 is 0 Å². The molecule has 1 aromatic rings. The monoisotopic (exact) mass is 378 g/mol. The summed E-state index contributed by atoms with van der Waals surface area (Å²) in [6.07, 6.45) is 5.05. The molecule has 2 unspecified atom stereocenters. The highest BCUT2D eigenvalue weighted by Crippen LogP contribution is 2.40. The van der Waals surface area contributed by atoms with Crippen LogP contribution in [-0.2, 0) is 9.47 Å². The average molecular weight is 379 g/mol. The number of likely N-dealkylation sites (N-methyl/N-ethyl adjacent to an activating group) is 1. The fraction of sp³-hybridized carbons (Fsp3) is 0.650. The first-order valence-electron chi connectivity index (χ1n) is 9.63. The van der Waals surface area contributed by atoms with Gasteiger partial charge in [0.2, 0.25) is 0 Å². The highest BCUT2D eigenvalue weighted by molar-refractivity contribution is 6.30. The molecule has 1 aliphatic carbocycles. The minimum Gasteiger partial charge on any atom is -0.347 e. The van der Waals surface area contributed by atoms with Crippen molar-refractivity contribution in [1.82, 2.24) is 9.80 Å². The van der Waals surface area contributed by atoms with Gasteiger partial charge in [-0.2, -0.15) is 0 Å². The van der Waals surface area contributed by atoms with Gasteiger partial charge in [0.05, 0.1) is 13.2 Å². The van der Waals surface area contributed by atoms with E-state index in [0.29, 0.717) is 23.8 Å². The maximum absolute atomic E-state index is 13.0. The van der Waals surface area contributed by atoms with Crippen LogP contribution in [0.3, 0.4) is 0 Å². The van der Waals surface area contributed by atoms with Gasteiger partial charge < -0.3 is 14.4 Å². The molecule has 1 amide bonds. The Morgan fingerprint density at radius 2 is 1.85 bits per heavy atom. The summed E-state index contributed by atoms with van der Waals surface area (Å²) in [5.74, 6) is -0.381. The molecule has 1 aromatic carbocycles. The summed E-state index contributed by atoms with van der Waals surface area (Å²) < 4.78 is 12.0. The summed E-state index contributed by atoms with van der Waals surface area (Å²) in [5, 5.41) is 0.647. The molecule has 1 saturated carbocycles. The number of nitrogens with zero attached hydrogens (tertiary/aromatic N) is 2. The fourth-order valence-electron chi connectivity index (χ4n) is 4.72. The Labute approximate surface area is 160 Å². The number of benzene rings is 1. The average Bonchev–Trinajstić information content (AvgIpc) is 3.34. The number of hydrogen-bond acceptors (Lipinski definition) is 4. The van der Waals surface area contributed by atoms with Crippen molar-refractivity contribution in [2.24, 2.45) is 0 Å². The Morgan fingerprint density at radius 1 is 1.19 bits per heavy atom. The molecule has 142 valence electrons. The Kier molecular flexibility index (Phi) is 5.24. The Bertz CT molecular complexity index is 639. The molecule has 0 bridgehead atoms. The largest absolute Gasteiger partial charge is 0.347 e. The lowest BCUT2D eigenvalue weighted by molar-refractivity contribution is -0.196. The van der Waals surface area contributed by atoms with E-state index in [9.17, 15) is 4.79 Å². The van der Waals surface area contributed by atoms with Gasteiger partial charge in [0.15, 0.2) is 5.79 Å². The lowest BCUT2D eigenvalue weighted by Crippen LogP contribution is -2.58. The second kappa shape index (κ2) is 7.47. The van der Waals surface area contributed by atoms with Gasteiger partial charge in [-0.3, -0.25) is 9.69 Å². The fourth-order valence-corrected chi connectivity index (χ4v) is 4.85. The third-order valence-electron chi connectivity index (χ3n) is 6.12. The Hall–Kier alpha value is -1.14. The summed E-state index contributed by atoms with van der Waals surface area (Å²) in [6, 6.07) is 7.62. The molecular formula is C20H27ClN2O3. The number of likely N-dealkylation sites (tertiary alicyclic amines) is 1. The summed E-state index contributed by atoms with van der Waals surface area (Å²) >= 11 is 5.96. The minimum absolute atomic E-state index is 0.0556. The summed E-state index contributed by atoms with van der Waals surface area (Å²) in [4.78, 5) is 17.5. The number of carbonyl (C=O) groups is 1. The molecule has 1 spiro atoms. The van der Waals surface area contributed by atoms with Crippen LogP contribution >= 0.6 is 11.6 Å². The van der Waals surface area contributed by atoms with Crippen LogP contribution in [0.25, 0.3) is 0 Å². The van der Waals surface area contributed by atoms with Crippen molar-refractivity contribution in [1.29, 1.82) is 0 Å². The van der Waals surface area contributed by atoms with Crippen molar-refractivity contribution >= 4 is 17.5 Å². The first-order valence-corrected chi connectivity index (χ1v) is 10.0. The van der Waals surface area contributed by atoms with Crippen LogP contribution < -0.4 is 0 Å². The quantitative estimate of drug-likeness (QED) is 0.810. The van der Waals surface area contributed by atoms with Crippen LogP contribution in [0.2, 0.25) is 5.02 Å². The second-order valence-corrected chi connectivity index (χ2v) is 8.09. The Morgan fingerprint density at radius 3 is 2.50 bits per heavy atom. The molecular weight excluding hydrogens is 352 g/mol. The molecule has 0 N–H and O–H groups in total. The van der Waals surface area contributed by atoms with E-state index in [1.807, 2.05) is 11.9 Å². The zero-order valence-corrected chi connectivity index (χ0v) is 16.1. The van der Waals surface area contributed by atoms with Crippen molar-refractivity contribution in [3.05, 3.63) is 34.9 Å². The molecule has 2 heterocycles. The number of hydrogen-bond donors (Lipinski definition) is 0. The molecule has 3 aliphatic rings. The van der Waals surface area contributed by atoms with E-state index in [1.54, 1.807) is 24.3 Å². The summed E-state index contributed by atoms with van der Waals surface area (Å²) in [7, 11) is 1.93. The van der Waals surface area contributed by atoms with Crippen LogP contribution in [0.4, 0.5) is 0 Å². The molecule has 2 aliphatic heterocycles. The van der Waals surface area contributed by atoms with E-state index in [0.717, 1.165) is 32.4 Å². The molecule has 2 saturated heterocycles. The highest BCUT2D eigenvalue weighted by atomic mass is 35.5. The topological polar surface area (TPSA) is 42.0 Å². The standard InChI is InChI=1S/C20H27ClN2O3/c1-22(19(24)15-4-6-16(21)7-5-15)17-8-9-20(25-12-13-26-20)14-18(17)23-10-2-3-11-23/h4-7,17-18H,2-3,8-14H2,1H3. The van der Waals surface area contributed by atoms with Crippen LogP contribution in [0.15, 0.2) is 24.3 Å². The van der Waals surface area contributed by atoms with E-state index in [4.69, 9.17) is 21.1 Å². The SMILES string of the molecule is CN(C(=O)c1ccc(Cl)cc1)C1CCC2(CC1N1CCCC1)OCCO2. The third kappa shape index (κ3) is 3.50. The van der Waals surface area contributed by atoms with E-state index in [1.165, 1.54) is 12.8 Å². The van der Waals surface area contributed by atoms with Gasteiger partial charge in [0.25, 0.3) is 5.91 Å².